The van der Waals surface area contributed by atoms with E-state index < -0.39 is 16.7 Å². The molecule has 0 saturated carbocycles. The molecule has 2 heterocycles. The lowest BCUT2D eigenvalue weighted by Crippen LogP contribution is -2.06. The summed E-state index contributed by atoms with van der Waals surface area (Å²) in [5, 5.41) is 15.7. The maximum absolute atomic E-state index is 12.3. The van der Waals surface area contributed by atoms with Crippen molar-refractivity contribution >= 4 is 22.7 Å². The van der Waals surface area contributed by atoms with Crippen LogP contribution in [-0.4, -0.2) is 34.7 Å². The number of fused-ring (bicyclic) bond motifs is 1. The van der Waals surface area contributed by atoms with Gasteiger partial charge in [-0.1, -0.05) is 5.16 Å². The summed E-state index contributed by atoms with van der Waals surface area (Å²) in [6.45, 7) is 5.29. The average molecular weight is 359 g/mol. The summed E-state index contributed by atoms with van der Waals surface area (Å²) >= 11 is 0. The number of methoxy groups -OCH3 is 1. The molecule has 1 N–H and O–H groups in total. The van der Waals surface area contributed by atoms with E-state index in [1.807, 2.05) is 0 Å². The second-order valence-electron chi connectivity index (χ2n) is 5.62. The summed E-state index contributed by atoms with van der Waals surface area (Å²) in [6.07, 6.45) is 0. The van der Waals surface area contributed by atoms with Crippen molar-refractivity contribution in [3.63, 3.8) is 0 Å². The Kier molecular flexibility index (Phi) is 4.37. The van der Waals surface area contributed by atoms with E-state index in [4.69, 9.17) is 14.0 Å². The minimum Gasteiger partial charge on any atom is -0.496 e. The lowest BCUT2D eigenvalue weighted by molar-refractivity contribution is -0.389. The van der Waals surface area contributed by atoms with Gasteiger partial charge in [0.15, 0.2) is 5.56 Å². The number of hydrogen-bond acceptors (Lipinski definition) is 7. The van der Waals surface area contributed by atoms with Crippen molar-refractivity contribution in [1.29, 1.82) is 0 Å². The second-order valence-corrected chi connectivity index (χ2v) is 5.62. The third kappa shape index (κ3) is 2.67. The number of hydrogen-bond donors (Lipinski definition) is 1. The molecule has 0 fully saturated rings. The van der Waals surface area contributed by atoms with Crippen LogP contribution in [0.25, 0.3) is 22.0 Å². The van der Waals surface area contributed by atoms with Crippen LogP contribution < -0.4 is 4.74 Å². The van der Waals surface area contributed by atoms with Crippen molar-refractivity contribution in [2.45, 2.75) is 20.8 Å². The van der Waals surface area contributed by atoms with Crippen LogP contribution in [0.5, 0.6) is 5.75 Å². The number of nitrogens with one attached hydrogen (secondary N) is 1. The van der Waals surface area contributed by atoms with Crippen molar-refractivity contribution in [3.05, 3.63) is 39.3 Å². The molecule has 3 rings (SSSR count). The second kappa shape index (κ2) is 6.51. The first-order chi connectivity index (χ1) is 12.4. The first-order valence-electron chi connectivity index (χ1n) is 7.87. The number of carbonyl (C=O) groups is 1. The predicted molar refractivity (Wildman–Crippen MR) is 92.4 cm³/mol. The van der Waals surface area contributed by atoms with Crippen molar-refractivity contribution in [2.24, 2.45) is 0 Å². The van der Waals surface area contributed by atoms with E-state index in [1.165, 1.54) is 7.11 Å². The summed E-state index contributed by atoms with van der Waals surface area (Å²) in [5.74, 6) is -0.160. The highest BCUT2D eigenvalue weighted by Crippen LogP contribution is 2.40. The Balaban J connectivity index is 2.33. The molecule has 0 spiro atoms. The Morgan fingerprint density at radius 3 is 2.65 bits per heavy atom. The number of ether oxygens (including phenoxy) is 2. The number of carbonyl (C=O) groups excluding carboxylic acids is 1. The van der Waals surface area contributed by atoms with Crippen molar-refractivity contribution < 1.29 is 23.7 Å². The fourth-order valence-corrected chi connectivity index (χ4v) is 2.99. The van der Waals surface area contributed by atoms with Crippen LogP contribution in [0.1, 0.15) is 28.7 Å². The fourth-order valence-electron chi connectivity index (χ4n) is 2.99. The molecule has 0 saturated heterocycles. The molecule has 9 nitrogen and oxygen atoms in total. The lowest BCUT2D eigenvalue weighted by atomic mass is 10.0. The maximum atomic E-state index is 12.3. The van der Waals surface area contributed by atoms with Gasteiger partial charge in [-0.25, -0.2) is 9.78 Å². The number of esters is 1. The fraction of sp³-hybridized carbons (Fsp3) is 0.294. The maximum Gasteiger partial charge on any atom is 0.347 e. The Morgan fingerprint density at radius 1 is 1.38 bits per heavy atom. The van der Waals surface area contributed by atoms with Crippen LogP contribution in [-0.2, 0) is 4.74 Å². The highest BCUT2D eigenvalue weighted by atomic mass is 16.6. The average Bonchev–Trinajstić information content (AvgIpc) is 3.13. The topological polar surface area (TPSA) is 120 Å². The van der Waals surface area contributed by atoms with Crippen LogP contribution in [0, 0.1) is 24.0 Å². The van der Waals surface area contributed by atoms with E-state index in [1.54, 1.807) is 32.9 Å². The molecule has 0 aliphatic carbocycles. The quantitative estimate of drug-likeness (QED) is 0.420. The summed E-state index contributed by atoms with van der Waals surface area (Å²) in [7, 11) is 1.48. The number of benzene rings is 1. The van der Waals surface area contributed by atoms with Gasteiger partial charge in [0, 0.05) is 10.9 Å². The first-order valence-corrected chi connectivity index (χ1v) is 7.87. The van der Waals surface area contributed by atoms with Crippen molar-refractivity contribution in [2.75, 3.05) is 13.7 Å². The molecule has 0 radical (unpaired) electrons. The normalized spacial score (nSPS) is 10.9. The van der Waals surface area contributed by atoms with Crippen LogP contribution >= 0.6 is 0 Å². The number of nitro groups is 1. The van der Waals surface area contributed by atoms with Gasteiger partial charge in [-0.05, 0) is 37.8 Å². The van der Waals surface area contributed by atoms with Crippen LogP contribution in [0.15, 0.2) is 16.7 Å². The summed E-state index contributed by atoms with van der Waals surface area (Å²) < 4.78 is 15.6. The number of nitrogens with zero attached hydrogens (tertiary/aromatic N) is 2. The first kappa shape index (κ1) is 17.5. The molecule has 0 aliphatic rings. The molecule has 0 amide bonds. The minimum atomic E-state index is -0.766. The Bertz CT molecular complexity index is 998. The van der Waals surface area contributed by atoms with Crippen LogP contribution in [0.2, 0.25) is 0 Å². The number of H-pyrrole nitrogens is 1. The molecule has 9 heteroatoms. The zero-order chi connectivity index (χ0) is 19.0. The molecular formula is C17H17N3O6. The molecule has 1 aromatic carbocycles. The van der Waals surface area contributed by atoms with Crippen LogP contribution in [0.4, 0.5) is 5.82 Å². The lowest BCUT2D eigenvalue weighted by Gasteiger charge is -2.08. The van der Waals surface area contributed by atoms with Gasteiger partial charge < -0.3 is 24.1 Å². The van der Waals surface area contributed by atoms with E-state index in [-0.39, 0.29) is 12.2 Å². The number of aryl methyl sites for hydroxylation is 2. The van der Waals surface area contributed by atoms with E-state index in [2.05, 4.69) is 10.1 Å². The molecule has 136 valence electrons. The summed E-state index contributed by atoms with van der Waals surface area (Å²) in [4.78, 5) is 25.7. The monoisotopic (exact) mass is 359 g/mol. The third-order valence-corrected chi connectivity index (χ3v) is 4.06. The van der Waals surface area contributed by atoms with Gasteiger partial charge in [0.2, 0.25) is 0 Å². The van der Waals surface area contributed by atoms with Crippen molar-refractivity contribution in [3.8, 4) is 16.9 Å². The number of aromatic nitrogens is 2. The molecule has 2 aromatic heterocycles. The number of aromatic amines is 1. The van der Waals surface area contributed by atoms with E-state index >= 15 is 0 Å². The van der Waals surface area contributed by atoms with Gasteiger partial charge in [-0.3, -0.25) is 0 Å². The standard InChI is InChI=1S/C17H17N3O6/c1-5-25-17(21)15-10-7-13(24-4)11(14-8(2)19-26-9(14)3)6-12(10)18-16(15)20(22)23/h6-7,18H,5H2,1-4H3. The molecule has 26 heavy (non-hydrogen) atoms. The molecular weight excluding hydrogens is 342 g/mol. The Labute approximate surface area is 148 Å². The smallest absolute Gasteiger partial charge is 0.347 e. The van der Waals surface area contributed by atoms with Gasteiger partial charge in [-0.2, -0.15) is 0 Å². The van der Waals surface area contributed by atoms with E-state index in [9.17, 15) is 14.9 Å². The SMILES string of the molecule is CCOC(=O)c1c([N+](=O)[O-])[nH]c2cc(-c3c(C)noc3C)c(OC)cc12. The minimum absolute atomic E-state index is 0.108. The highest BCUT2D eigenvalue weighted by Gasteiger charge is 2.29. The Morgan fingerprint density at radius 2 is 2.12 bits per heavy atom. The largest absolute Gasteiger partial charge is 0.496 e. The summed E-state index contributed by atoms with van der Waals surface area (Å²) in [5.41, 5.74) is 2.33. The third-order valence-electron chi connectivity index (χ3n) is 4.06. The number of rotatable bonds is 5. The predicted octanol–water partition coefficient (Wildman–Crippen LogP) is 3.53. The van der Waals surface area contributed by atoms with Gasteiger partial charge in [-0.15, -0.1) is 0 Å². The highest BCUT2D eigenvalue weighted by molar-refractivity contribution is 6.09. The van der Waals surface area contributed by atoms with Gasteiger partial charge >= 0.3 is 11.8 Å². The van der Waals surface area contributed by atoms with Gasteiger partial charge in [0.1, 0.15) is 17.0 Å². The van der Waals surface area contributed by atoms with Crippen LogP contribution in [0.3, 0.4) is 0 Å². The molecule has 3 aromatic rings. The van der Waals surface area contributed by atoms with Crippen molar-refractivity contribution in [1.82, 2.24) is 10.1 Å². The van der Waals surface area contributed by atoms with Gasteiger partial charge in [0.25, 0.3) is 0 Å². The molecule has 0 atom stereocenters. The van der Waals surface area contributed by atoms with Gasteiger partial charge in [0.05, 0.1) is 25.0 Å². The zero-order valence-corrected chi connectivity index (χ0v) is 14.7. The van der Waals surface area contributed by atoms with E-state index in [0.29, 0.717) is 33.7 Å². The molecule has 0 aliphatic heterocycles. The Hall–Kier alpha value is -3.36. The summed E-state index contributed by atoms with van der Waals surface area (Å²) in [6, 6.07) is 3.25. The van der Waals surface area contributed by atoms with E-state index in [0.717, 1.165) is 5.56 Å². The zero-order valence-electron chi connectivity index (χ0n) is 14.7. The molecule has 0 unspecified atom stereocenters. The molecule has 0 bridgehead atoms.